The number of pyridine rings is 2. The topological polar surface area (TPSA) is 110 Å². The van der Waals surface area contributed by atoms with Gasteiger partial charge in [0.25, 0.3) is 5.91 Å². The predicted molar refractivity (Wildman–Crippen MR) is 122 cm³/mol. The monoisotopic (exact) mass is 434 g/mol. The lowest BCUT2D eigenvalue weighted by molar-refractivity contribution is 0.102. The normalized spacial score (nSPS) is 10.8. The van der Waals surface area contributed by atoms with Crippen molar-refractivity contribution in [3.63, 3.8) is 0 Å². The van der Waals surface area contributed by atoms with Crippen LogP contribution in [0.5, 0.6) is 0 Å². The maximum absolute atomic E-state index is 13.3. The molecule has 0 spiro atoms. The number of nitrogens with one attached hydrogen (secondary N) is 1. The maximum atomic E-state index is 13.3. The fraction of sp³-hybridized carbons (Fsp3) is 0.0800. The summed E-state index contributed by atoms with van der Waals surface area (Å²) >= 11 is 0. The van der Waals surface area contributed by atoms with Crippen LogP contribution in [0.15, 0.2) is 83.9 Å². The zero-order valence-electron chi connectivity index (χ0n) is 17.5. The summed E-state index contributed by atoms with van der Waals surface area (Å²) in [5.74, 6) is 0.454. The standard InChI is InChI=1S/C25H18N6O2/c26-10-9-17-5-7-19(8-6-17)29-25(32)21-13-23(18-3-1-11-27-14-18)30-24-22(21)15-28-31(24)16-20-4-2-12-33-20/h1-8,11-15H,9,16H2,(H,29,32). The van der Waals surface area contributed by atoms with E-state index in [-0.39, 0.29) is 5.91 Å². The first kappa shape index (κ1) is 20.2. The third kappa shape index (κ3) is 4.20. The van der Waals surface area contributed by atoms with Gasteiger partial charge < -0.3 is 9.73 Å². The van der Waals surface area contributed by atoms with Crippen molar-refractivity contribution in [1.82, 2.24) is 19.7 Å². The Labute approximate surface area is 189 Å². The number of aromatic nitrogens is 4. The summed E-state index contributed by atoms with van der Waals surface area (Å²) in [5.41, 5.74) is 3.96. The van der Waals surface area contributed by atoms with Gasteiger partial charge in [-0.1, -0.05) is 12.1 Å². The SMILES string of the molecule is N#CCc1ccc(NC(=O)c2cc(-c3cccnc3)nc3c2cnn3Cc2ccco2)cc1. The average molecular weight is 434 g/mol. The van der Waals surface area contributed by atoms with Crippen molar-refractivity contribution >= 4 is 22.6 Å². The Hall–Kier alpha value is -4.77. The molecule has 0 aliphatic carbocycles. The molecule has 160 valence electrons. The Morgan fingerprint density at radius 1 is 1.12 bits per heavy atom. The van der Waals surface area contributed by atoms with E-state index in [0.29, 0.717) is 40.9 Å². The summed E-state index contributed by atoms with van der Waals surface area (Å²) < 4.78 is 7.17. The second-order valence-corrected chi connectivity index (χ2v) is 7.40. The van der Waals surface area contributed by atoms with Crippen molar-refractivity contribution in [1.29, 1.82) is 5.26 Å². The minimum absolute atomic E-state index is 0.280. The fourth-order valence-electron chi connectivity index (χ4n) is 3.56. The van der Waals surface area contributed by atoms with E-state index in [4.69, 9.17) is 14.7 Å². The average Bonchev–Trinajstić information content (AvgIpc) is 3.51. The van der Waals surface area contributed by atoms with E-state index < -0.39 is 0 Å². The van der Waals surface area contributed by atoms with Crippen molar-refractivity contribution in [3.8, 4) is 17.3 Å². The van der Waals surface area contributed by atoms with E-state index in [1.54, 1.807) is 47.7 Å². The van der Waals surface area contributed by atoms with Crippen LogP contribution in [-0.2, 0) is 13.0 Å². The molecule has 0 fully saturated rings. The van der Waals surface area contributed by atoms with Crippen molar-refractivity contribution in [2.24, 2.45) is 0 Å². The smallest absolute Gasteiger partial charge is 0.256 e. The van der Waals surface area contributed by atoms with Gasteiger partial charge in [0, 0.05) is 23.6 Å². The molecular weight excluding hydrogens is 416 g/mol. The van der Waals surface area contributed by atoms with Gasteiger partial charge in [-0.2, -0.15) is 10.4 Å². The molecule has 8 heteroatoms. The van der Waals surface area contributed by atoms with E-state index >= 15 is 0 Å². The molecular formula is C25H18N6O2. The highest BCUT2D eigenvalue weighted by Crippen LogP contribution is 2.26. The van der Waals surface area contributed by atoms with E-state index in [1.807, 2.05) is 36.4 Å². The first-order valence-electron chi connectivity index (χ1n) is 10.3. The number of amides is 1. The lowest BCUT2D eigenvalue weighted by Crippen LogP contribution is -2.13. The Kier molecular flexibility index (Phi) is 5.35. The van der Waals surface area contributed by atoms with Crippen molar-refractivity contribution in [2.75, 3.05) is 5.32 Å². The summed E-state index contributed by atoms with van der Waals surface area (Å²) in [5, 5.41) is 16.9. The molecule has 0 atom stereocenters. The van der Waals surface area contributed by atoms with Crippen LogP contribution < -0.4 is 5.32 Å². The van der Waals surface area contributed by atoms with E-state index in [1.165, 1.54) is 0 Å². The lowest BCUT2D eigenvalue weighted by Gasteiger charge is -2.10. The van der Waals surface area contributed by atoms with Gasteiger partial charge >= 0.3 is 0 Å². The van der Waals surface area contributed by atoms with Gasteiger partial charge in [-0.25, -0.2) is 9.67 Å². The van der Waals surface area contributed by atoms with Gasteiger partial charge in [-0.15, -0.1) is 0 Å². The fourth-order valence-corrected chi connectivity index (χ4v) is 3.56. The number of carbonyl (C=O) groups excluding carboxylic acids is 1. The zero-order valence-corrected chi connectivity index (χ0v) is 17.5. The molecule has 0 aliphatic heterocycles. The molecule has 0 saturated heterocycles. The number of nitriles is 1. The van der Waals surface area contributed by atoms with Crippen molar-refractivity contribution < 1.29 is 9.21 Å². The van der Waals surface area contributed by atoms with Crippen LogP contribution in [0.2, 0.25) is 0 Å². The number of rotatable bonds is 6. The minimum Gasteiger partial charge on any atom is -0.467 e. The van der Waals surface area contributed by atoms with Gasteiger partial charge in [0.15, 0.2) is 5.65 Å². The summed E-state index contributed by atoms with van der Waals surface area (Å²) in [6.07, 6.45) is 6.96. The molecule has 4 aromatic heterocycles. The van der Waals surface area contributed by atoms with E-state index in [0.717, 1.165) is 16.9 Å². The Bertz CT molecular complexity index is 1450. The largest absolute Gasteiger partial charge is 0.467 e. The molecule has 4 heterocycles. The van der Waals surface area contributed by atoms with Gasteiger partial charge in [-0.3, -0.25) is 9.78 Å². The number of hydrogen-bond acceptors (Lipinski definition) is 6. The van der Waals surface area contributed by atoms with Gasteiger partial charge in [-0.05, 0) is 48.0 Å². The third-order valence-corrected chi connectivity index (χ3v) is 5.19. The molecule has 0 aliphatic rings. The second-order valence-electron chi connectivity index (χ2n) is 7.40. The summed E-state index contributed by atoms with van der Waals surface area (Å²) in [6, 6.07) is 18.5. The highest BCUT2D eigenvalue weighted by Gasteiger charge is 2.18. The zero-order chi connectivity index (χ0) is 22.6. The van der Waals surface area contributed by atoms with Crippen LogP contribution in [-0.4, -0.2) is 25.7 Å². The molecule has 0 bridgehead atoms. The molecule has 0 saturated carbocycles. The molecule has 1 aromatic carbocycles. The molecule has 1 N–H and O–H groups in total. The third-order valence-electron chi connectivity index (χ3n) is 5.19. The lowest BCUT2D eigenvalue weighted by atomic mass is 10.1. The maximum Gasteiger partial charge on any atom is 0.256 e. The molecule has 0 radical (unpaired) electrons. The highest BCUT2D eigenvalue weighted by molar-refractivity contribution is 6.12. The molecule has 5 aromatic rings. The Balaban J connectivity index is 1.55. The summed E-state index contributed by atoms with van der Waals surface area (Å²) in [6.45, 7) is 0.390. The first-order chi connectivity index (χ1) is 16.2. The van der Waals surface area contributed by atoms with Gasteiger partial charge in [0.2, 0.25) is 0 Å². The molecule has 0 unspecified atom stereocenters. The number of nitrogens with zero attached hydrogens (tertiary/aromatic N) is 5. The number of benzene rings is 1. The number of furan rings is 1. The number of fused-ring (bicyclic) bond motifs is 1. The molecule has 5 rings (SSSR count). The van der Waals surface area contributed by atoms with E-state index in [9.17, 15) is 4.79 Å². The van der Waals surface area contributed by atoms with Crippen LogP contribution in [0.4, 0.5) is 5.69 Å². The van der Waals surface area contributed by atoms with Crippen LogP contribution in [0, 0.1) is 11.3 Å². The van der Waals surface area contributed by atoms with Crippen LogP contribution in [0.1, 0.15) is 21.7 Å². The quantitative estimate of drug-likeness (QED) is 0.423. The summed E-state index contributed by atoms with van der Waals surface area (Å²) in [4.78, 5) is 22.2. The van der Waals surface area contributed by atoms with Crippen molar-refractivity contribution in [3.05, 3.63) is 96.3 Å². The Morgan fingerprint density at radius 2 is 2.00 bits per heavy atom. The van der Waals surface area contributed by atoms with Gasteiger partial charge in [0.1, 0.15) is 12.3 Å². The predicted octanol–water partition coefficient (Wildman–Crippen LogP) is 4.45. The van der Waals surface area contributed by atoms with Gasteiger partial charge in [0.05, 0.1) is 41.6 Å². The highest BCUT2D eigenvalue weighted by atomic mass is 16.3. The van der Waals surface area contributed by atoms with E-state index in [2.05, 4.69) is 21.5 Å². The second kappa shape index (κ2) is 8.77. The molecule has 1 amide bonds. The van der Waals surface area contributed by atoms with Crippen LogP contribution in [0.3, 0.4) is 0 Å². The van der Waals surface area contributed by atoms with Crippen molar-refractivity contribution in [2.45, 2.75) is 13.0 Å². The summed E-state index contributed by atoms with van der Waals surface area (Å²) in [7, 11) is 0. The molecule has 33 heavy (non-hydrogen) atoms. The van der Waals surface area contributed by atoms with Crippen LogP contribution in [0.25, 0.3) is 22.3 Å². The Morgan fingerprint density at radius 3 is 2.73 bits per heavy atom. The number of hydrogen-bond donors (Lipinski definition) is 1. The number of anilines is 1. The first-order valence-corrected chi connectivity index (χ1v) is 10.3. The van der Waals surface area contributed by atoms with Crippen LogP contribution >= 0.6 is 0 Å². The molecule has 8 nitrogen and oxygen atoms in total. The minimum atomic E-state index is -0.280. The number of carbonyl (C=O) groups is 1.